The number of carbonyl (C=O) groups excluding carboxylic acids is 1. The first-order chi connectivity index (χ1) is 14.0. The Labute approximate surface area is 182 Å². The van der Waals surface area contributed by atoms with Crippen LogP contribution in [0.5, 0.6) is 0 Å². The van der Waals surface area contributed by atoms with E-state index in [2.05, 4.69) is 4.99 Å². The van der Waals surface area contributed by atoms with Gasteiger partial charge in [-0.25, -0.2) is 4.79 Å². The molecule has 11 heteroatoms. The number of hydrogen-bond acceptors (Lipinski definition) is 3. The first-order valence-corrected chi connectivity index (χ1v) is 10.1. The number of carboxylic acid groups (broad SMARTS) is 1. The second-order valence-electron chi connectivity index (χ2n) is 6.24. The summed E-state index contributed by atoms with van der Waals surface area (Å²) < 4.78 is 40.7. The van der Waals surface area contributed by atoms with Crippen LogP contribution in [0.3, 0.4) is 0 Å². The summed E-state index contributed by atoms with van der Waals surface area (Å²) in [5.74, 6) is -1.93. The summed E-state index contributed by atoms with van der Waals surface area (Å²) in [7, 11) is 0. The highest BCUT2D eigenvalue weighted by Gasteiger charge is 2.31. The number of carboxylic acids is 1. The van der Waals surface area contributed by atoms with Crippen LogP contribution < -0.4 is 4.80 Å². The molecule has 158 valence electrons. The molecule has 1 N–H and O–H groups in total. The number of hydrogen-bond donors (Lipinski definition) is 1. The van der Waals surface area contributed by atoms with Gasteiger partial charge in [-0.05, 0) is 42.8 Å². The van der Waals surface area contributed by atoms with Crippen molar-refractivity contribution in [2.45, 2.75) is 25.6 Å². The topological polar surface area (TPSA) is 71.7 Å². The van der Waals surface area contributed by atoms with Crippen LogP contribution in [0, 0.1) is 0 Å². The van der Waals surface area contributed by atoms with Gasteiger partial charge in [-0.15, -0.1) is 0 Å². The molecule has 3 aromatic rings. The number of fused-ring (bicyclic) bond motifs is 1. The second-order valence-corrected chi connectivity index (χ2v) is 8.07. The molecule has 0 saturated carbocycles. The Morgan fingerprint density at radius 3 is 2.43 bits per heavy atom. The van der Waals surface area contributed by atoms with Gasteiger partial charge in [0.05, 0.1) is 25.8 Å². The standard InChI is InChI=1S/C19H13Cl2F3N2O3S/c1-2-13(17(28)29)26-14-6-4-10(19(22,23)24)8-15(14)30-18(26)25-16(27)9-3-5-11(20)12(21)7-9/h3-8,13H,2H2,1H3,(H,28,29)/b25-18-. The van der Waals surface area contributed by atoms with Crippen molar-refractivity contribution < 1.29 is 27.9 Å². The fourth-order valence-electron chi connectivity index (χ4n) is 2.85. The summed E-state index contributed by atoms with van der Waals surface area (Å²) in [5.41, 5.74) is -0.537. The monoisotopic (exact) mass is 476 g/mol. The van der Waals surface area contributed by atoms with Crippen molar-refractivity contribution in [3.05, 3.63) is 62.4 Å². The van der Waals surface area contributed by atoms with Crippen LogP contribution in [0.1, 0.15) is 35.3 Å². The SMILES string of the molecule is CCC(C(=O)O)n1/c(=N/C(=O)c2ccc(Cl)c(Cl)c2)sc2cc(C(F)(F)F)ccc21. The molecule has 0 radical (unpaired) electrons. The van der Waals surface area contributed by atoms with Gasteiger partial charge in [0.1, 0.15) is 6.04 Å². The number of benzene rings is 2. The Bertz CT molecular complexity index is 1220. The summed E-state index contributed by atoms with van der Waals surface area (Å²) in [6, 6.07) is 5.96. The van der Waals surface area contributed by atoms with E-state index in [9.17, 15) is 27.9 Å². The van der Waals surface area contributed by atoms with E-state index in [4.69, 9.17) is 23.2 Å². The number of aromatic nitrogens is 1. The highest BCUT2D eigenvalue weighted by Crippen LogP contribution is 2.33. The minimum absolute atomic E-state index is 0.0327. The molecular weight excluding hydrogens is 464 g/mol. The van der Waals surface area contributed by atoms with Gasteiger partial charge in [0.2, 0.25) is 0 Å². The molecule has 0 bridgehead atoms. The summed E-state index contributed by atoms with van der Waals surface area (Å²) >= 11 is 12.6. The lowest BCUT2D eigenvalue weighted by Crippen LogP contribution is -2.27. The van der Waals surface area contributed by atoms with Crippen LogP contribution in [0.2, 0.25) is 10.0 Å². The van der Waals surface area contributed by atoms with Crippen LogP contribution in [-0.2, 0) is 11.0 Å². The van der Waals surface area contributed by atoms with Crippen molar-refractivity contribution in [3.8, 4) is 0 Å². The van der Waals surface area contributed by atoms with Gasteiger partial charge in [-0.1, -0.05) is 41.5 Å². The summed E-state index contributed by atoms with van der Waals surface area (Å²) in [5, 5.41) is 9.95. The maximum Gasteiger partial charge on any atom is 0.416 e. The first-order valence-electron chi connectivity index (χ1n) is 8.52. The van der Waals surface area contributed by atoms with Gasteiger partial charge in [-0.3, -0.25) is 4.79 Å². The van der Waals surface area contributed by atoms with Crippen LogP contribution in [0.25, 0.3) is 10.2 Å². The van der Waals surface area contributed by atoms with E-state index in [1.165, 1.54) is 28.8 Å². The Balaban J connectivity index is 2.25. The Hall–Kier alpha value is -2.36. The molecule has 1 atom stereocenters. The third-order valence-corrected chi connectivity index (χ3v) is 6.06. The lowest BCUT2D eigenvalue weighted by atomic mass is 10.2. The van der Waals surface area contributed by atoms with Gasteiger partial charge in [0.15, 0.2) is 4.80 Å². The zero-order chi connectivity index (χ0) is 22.2. The zero-order valence-electron chi connectivity index (χ0n) is 15.2. The van der Waals surface area contributed by atoms with E-state index in [1.54, 1.807) is 6.92 Å². The largest absolute Gasteiger partial charge is 0.480 e. The van der Waals surface area contributed by atoms with Crippen LogP contribution in [-0.4, -0.2) is 21.6 Å². The number of aliphatic carboxylic acids is 1. The number of amides is 1. The molecule has 1 heterocycles. The molecule has 1 amide bonds. The van der Waals surface area contributed by atoms with Crippen molar-refractivity contribution in [2.75, 3.05) is 0 Å². The van der Waals surface area contributed by atoms with Gasteiger partial charge in [-0.2, -0.15) is 18.2 Å². The molecule has 0 spiro atoms. The van der Waals surface area contributed by atoms with E-state index in [1.807, 2.05) is 0 Å². The second kappa shape index (κ2) is 8.41. The molecule has 0 aliphatic rings. The minimum atomic E-state index is -4.56. The zero-order valence-corrected chi connectivity index (χ0v) is 17.5. The third-order valence-electron chi connectivity index (χ3n) is 4.30. The van der Waals surface area contributed by atoms with E-state index in [0.29, 0.717) is 0 Å². The normalized spacial score (nSPS) is 13.6. The average Bonchev–Trinajstić information content (AvgIpc) is 3.00. The predicted octanol–water partition coefficient (Wildman–Crippen LogP) is 5.81. The molecule has 0 saturated heterocycles. The molecule has 0 aliphatic carbocycles. The van der Waals surface area contributed by atoms with Gasteiger partial charge < -0.3 is 9.67 Å². The minimum Gasteiger partial charge on any atom is -0.480 e. The van der Waals surface area contributed by atoms with Crippen LogP contribution in [0.15, 0.2) is 41.4 Å². The Morgan fingerprint density at radius 1 is 1.17 bits per heavy atom. The van der Waals surface area contributed by atoms with Crippen molar-refractivity contribution in [2.24, 2.45) is 4.99 Å². The molecule has 0 aliphatic heterocycles. The number of alkyl halides is 3. The van der Waals surface area contributed by atoms with E-state index in [-0.39, 0.29) is 37.0 Å². The third kappa shape index (κ3) is 4.38. The summed E-state index contributed by atoms with van der Waals surface area (Å²) in [6.07, 6.45) is -4.43. The quantitative estimate of drug-likeness (QED) is 0.516. The fraction of sp³-hybridized carbons (Fsp3) is 0.211. The van der Waals surface area contributed by atoms with Gasteiger partial charge in [0, 0.05) is 5.56 Å². The molecule has 1 aromatic heterocycles. The molecular formula is C19H13Cl2F3N2O3S. The first kappa shape index (κ1) is 22.3. The Kier molecular flexibility index (Phi) is 6.26. The molecule has 30 heavy (non-hydrogen) atoms. The van der Waals surface area contributed by atoms with Gasteiger partial charge in [0.25, 0.3) is 5.91 Å². The lowest BCUT2D eigenvalue weighted by Gasteiger charge is -2.14. The smallest absolute Gasteiger partial charge is 0.416 e. The lowest BCUT2D eigenvalue weighted by molar-refractivity contribution is -0.141. The van der Waals surface area contributed by atoms with Crippen molar-refractivity contribution >= 4 is 56.6 Å². The van der Waals surface area contributed by atoms with Gasteiger partial charge >= 0.3 is 12.1 Å². The maximum atomic E-state index is 13.1. The van der Waals surface area contributed by atoms with E-state index >= 15 is 0 Å². The maximum absolute atomic E-state index is 13.1. The number of nitrogens with zero attached hydrogens (tertiary/aromatic N) is 2. The van der Waals surface area contributed by atoms with Crippen LogP contribution >= 0.6 is 34.5 Å². The molecule has 1 unspecified atom stereocenters. The molecule has 2 aromatic carbocycles. The molecule has 0 fully saturated rings. The fourth-order valence-corrected chi connectivity index (χ4v) is 4.25. The number of carbonyl (C=O) groups is 2. The number of halogens is 5. The highest BCUT2D eigenvalue weighted by molar-refractivity contribution is 7.16. The van der Waals surface area contributed by atoms with Crippen molar-refractivity contribution in [1.82, 2.24) is 4.57 Å². The highest BCUT2D eigenvalue weighted by atomic mass is 35.5. The summed E-state index contributed by atoms with van der Waals surface area (Å²) in [6.45, 7) is 1.62. The average molecular weight is 477 g/mol. The van der Waals surface area contributed by atoms with E-state index < -0.39 is 29.7 Å². The van der Waals surface area contributed by atoms with Crippen molar-refractivity contribution in [3.63, 3.8) is 0 Å². The predicted molar refractivity (Wildman–Crippen MR) is 108 cm³/mol. The molecule has 3 rings (SSSR count). The van der Waals surface area contributed by atoms with Crippen molar-refractivity contribution in [1.29, 1.82) is 0 Å². The Morgan fingerprint density at radius 2 is 1.87 bits per heavy atom. The molecule has 5 nitrogen and oxygen atoms in total. The summed E-state index contributed by atoms with van der Waals surface area (Å²) in [4.78, 5) is 28.3. The number of rotatable bonds is 4. The number of thiazole rings is 1. The van der Waals surface area contributed by atoms with Crippen LogP contribution in [0.4, 0.5) is 13.2 Å². The van der Waals surface area contributed by atoms with E-state index in [0.717, 1.165) is 23.5 Å².